The first-order chi connectivity index (χ1) is 4.83. The van der Waals surface area contributed by atoms with Crippen molar-refractivity contribution in [3.8, 4) is 0 Å². The molecule has 1 atom stereocenters. The summed E-state index contributed by atoms with van der Waals surface area (Å²) in [6.45, 7) is 2.95. The highest BCUT2D eigenvalue weighted by atomic mass is 16.3. The molecule has 1 aliphatic rings. The summed E-state index contributed by atoms with van der Waals surface area (Å²) in [5.74, 6) is 0. The first-order valence-corrected chi connectivity index (χ1v) is 3.95. The van der Waals surface area contributed by atoms with Crippen molar-refractivity contribution < 1.29 is 15.1 Å². The maximum atomic E-state index is 9.05. The van der Waals surface area contributed by atoms with Crippen molar-refractivity contribution in [3.05, 3.63) is 0 Å². The van der Waals surface area contributed by atoms with Gasteiger partial charge in [-0.2, -0.15) is 0 Å². The minimum atomic E-state index is -0.506. The number of hydrogen-bond donors (Lipinski definition) is 3. The van der Waals surface area contributed by atoms with Gasteiger partial charge in [-0.3, -0.25) is 0 Å². The lowest BCUT2D eigenvalue weighted by Crippen LogP contribution is -3.11. The van der Waals surface area contributed by atoms with Crippen LogP contribution < -0.4 is 4.90 Å². The Morgan fingerprint density at radius 3 is 2.40 bits per heavy atom. The molecule has 0 spiro atoms. The molecule has 3 nitrogen and oxygen atoms in total. The van der Waals surface area contributed by atoms with Crippen LogP contribution in [0.1, 0.15) is 12.8 Å². The second-order valence-corrected chi connectivity index (χ2v) is 3.00. The Labute approximate surface area is 61.3 Å². The monoisotopic (exact) mass is 146 g/mol. The van der Waals surface area contributed by atoms with Crippen LogP contribution in [0, 0.1) is 0 Å². The van der Waals surface area contributed by atoms with E-state index in [2.05, 4.69) is 0 Å². The van der Waals surface area contributed by atoms with E-state index in [9.17, 15) is 0 Å². The molecule has 10 heavy (non-hydrogen) atoms. The van der Waals surface area contributed by atoms with Crippen molar-refractivity contribution in [3.63, 3.8) is 0 Å². The summed E-state index contributed by atoms with van der Waals surface area (Å²) in [5.41, 5.74) is 0. The highest BCUT2D eigenvalue weighted by Gasteiger charge is 2.18. The van der Waals surface area contributed by atoms with Crippen LogP contribution >= 0.6 is 0 Å². The molecule has 3 N–H and O–H groups in total. The van der Waals surface area contributed by atoms with E-state index < -0.39 is 6.10 Å². The zero-order valence-electron chi connectivity index (χ0n) is 6.21. The first-order valence-electron chi connectivity index (χ1n) is 3.95. The van der Waals surface area contributed by atoms with Crippen LogP contribution in [0.2, 0.25) is 0 Å². The van der Waals surface area contributed by atoms with E-state index in [4.69, 9.17) is 10.2 Å². The number of nitrogens with one attached hydrogen (secondary N) is 1. The lowest BCUT2D eigenvalue weighted by molar-refractivity contribution is -0.890. The third-order valence-electron chi connectivity index (χ3n) is 2.05. The van der Waals surface area contributed by atoms with E-state index in [1.165, 1.54) is 17.7 Å². The summed E-state index contributed by atoms with van der Waals surface area (Å²) in [5, 5.41) is 17.6. The molecule has 0 aliphatic carbocycles. The van der Waals surface area contributed by atoms with Crippen molar-refractivity contribution in [2.45, 2.75) is 18.9 Å². The summed E-state index contributed by atoms with van der Waals surface area (Å²) in [6.07, 6.45) is 2.04. The molecule has 0 unspecified atom stereocenters. The predicted octanol–water partition coefficient (Wildman–Crippen LogP) is -1.98. The summed E-state index contributed by atoms with van der Waals surface area (Å²) in [7, 11) is 0. The molecular weight excluding hydrogens is 130 g/mol. The minimum Gasteiger partial charge on any atom is -0.393 e. The molecule has 60 valence electrons. The zero-order valence-corrected chi connectivity index (χ0v) is 6.21. The van der Waals surface area contributed by atoms with Crippen LogP contribution in [0.5, 0.6) is 0 Å². The Hall–Kier alpha value is -0.120. The van der Waals surface area contributed by atoms with Gasteiger partial charge in [0, 0.05) is 12.8 Å². The van der Waals surface area contributed by atoms with Gasteiger partial charge in [-0.15, -0.1) is 0 Å². The molecule has 3 heteroatoms. The van der Waals surface area contributed by atoms with Crippen molar-refractivity contribution in [2.24, 2.45) is 0 Å². The van der Waals surface area contributed by atoms with E-state index in [-0.39, 0.29) is 6.61 Å². The predicted molar refractivity (Wildman–Crippen MR) is 37.9 cm³/mol. The SMILES string of the molecule is OC[C@H](O)C[NH+]1CCCC1. The fraction of sp³-hybridized carbons (Fsp3) is 1.00. The van der Waals surface area contributed by atoms with Gasteiger partial charge in [-0.25, -0.2) is 0 Å². The molecule has 1 aliphatic heterocycles. The van der Waals surface area contributed by atoms with E-state index in [1.807, 2.05) is 0 Å². The summed E-state index contributed by atoms with van der Waals surface area (Å²) in [6, 6.07) is 0. The zero-order chi connectivity index (χ0) is 7.40. The number of quaternary nitrogens is 1. The third kappa shape index (κ3) is 2.25. The van der Waals surface area contributed by atoms with Gasteiger partial charge < -0.3 is 15.1 Å². The van der Waals surface area contributed by atoms with Gasteiger partial charge in [-0.1, -0.05) is 0 Å². The summed E-state index contributed by atoms with van der Waals surface area (Å²) >= 11 is 0. The third-order valence-corrected chi connectivity index (χ3v) is 2.05. The molecule has 0 amide bonds. The molecule has 0 aromatic rings. The van der Waals surface area contributed by atoms with Crippen LogP contribution in [0.4, 0.5) is 0 Å². The van der Waals surface area contributed by atoms with Gasteiger partial charge in [-0.05, 0) is 0 Å². The molecular formula is C7H16NO2+. The molecule has 1 rings (SSSR count). The molecule has 0 saturated carbocycles. The Morgan fingerprint density at radius 2 is 1.90 bits per heavy atom. The van der Waals surface area contributed by atoms with Crippen molar-refractivity contribution in [1.29, 1.82) is 0 Å². The van der Waals surface area contributed by atoms with Crippen LogP contribution in [0.3, 0.4) is 0 Å². The van der Waals surface area contributed by atoms with Gasteiger partial charge in [0.15, 0.2) is 0 Å². The molecule has 0 aromatic carbocycles. The topological polar surface area (TPSA) is 44.9 Å². The van der Waals surface area contributed by atoms with Crippen LogP contribution in [-0.2, 0) is 0 Å². The summed E-state index contributed by atoms with van der Waals surface area (Å²) < 4.78 is 0. The quantitative estimate of drug-likeness (QED) is 0.432. The van der Waals surface area contributed by atoms with E-state index in [0.29, 0.717) is 0 Å². The van der Waals surface area contributed by atoms with Crippen molar-refractivity contribution >= 4 is 0 Å². The number of aliphatic hydroxyl groups is 2. The van der Waals surface area contributed by atoms with E-state index in [0.717, 1.165) is 19.6 Å². The van der Waals surface area contributed by atoms with Gasteiger partial charge in [0.1, 0.15) is 12.6 Å². The Bertz CT molecular complexity index is 91.6. The number of aliphatic hydroxyl groups excluding tert-OH is 2. The molecule has 0 aromatic heterocycles. The smallest absolute Gasteiger partial charge is 0.126 e. The maximum Gasteiger partial charge on any atom is 0.126 e. The Morgan fingerprint density at radius 1 is 1.30 bits per heavy atom. The second-order valence-electron chi connectivity index (χ2n) is 3.00. The first kappa shape index (κ1) is 7.98. The largest absolute Gasteiger partial charge is 0.393 e. The lowest BCUT2D eigenvalue weighted by Gasteiger charge is -2.14. The van der Waals surface area contributed by atoms with Crippen LogP contribution in [0.25, 0.3) is 0 Å². The maximum absolute atomic E-state index is 9.05. The van der Waals surface area contributed by atoms with Crippen LogP contribution in [-0.4, -0.2) is 42.6 Å². The molecule has 0 bridgehead atoms. The minimum absolute atomic E-state index is 0.0938. The van der Waals surface area contributed by atoms with Gasteiger partial charge in [0.05, 0.1) is 19.7 Å². The standard InChI is InChI=1S/C7H15NO2/c9-6-7(10)5-8-3-1-2-4-8/h7,9-10H,1-6H2/p+1/t7-/m1/s1. The number of rotatable bonds is 3. The van der Waals surface area contributed by atoms with E-state index >= 15 is 0 Å². The van der Waals surface area contributed by atoms with Gasteiger partial charge >= 0.3 is 0 Å². The molecule has 1 saturated heterocycles. The highest BCUT2D eigenvalue weighted by molar-refractivity contribution is 4.51. The lowest BCUT2D eigenvalue weighted by atomic mass is 10.3. The second kappa shape index (κ2) is 3.91. The van der Waals surface area contributed by atoms with Crippen molar-refractivity contribution in [1.82, 2.24) is 0 Å². The van der Waals surface area contributed by atoms with Gasteiger partial charge in [0.2, 0.25) is 0 Å². The average Bonchev–Trinajstić information content (AvgIpc) is 2.40. The van der Waals surface area contributed by atoms with Crippen LogP contribution in [0.15, 0.2) is 0 Å². The summed E-state index contributed by atoms with van der Waals surface area (Å²) in [4.78, 5) is 1.43. The average molecular weight is 146 g/mol. The highest BCUT2D eigenvalue weighted by Crippen LogP contribution is 1.87. The van der Waals surface area contributed by atoms with Gasteiger partial charge in [0.25, 0.3) is 0 Å². The Kier molecular flexibility index (Phi) is 3.12. The molecule has 1 fully saturated rings. The fourth-order valence-electron chi connectivity index (χ4n) is 1.48. The Balaban J connectivity index is 2.11. The van der Waals surface area contributed by atoms with E-state index in [1.54, 1.807) is 0 Å². The number of hydrogen-bond acceptors (Lipinski definition) is 2. The fourth-order valence-corrected chi connectivity index (χ4v) is 1.48. The van der Waals surface area contributed by atoms with Crippen molar-refractivity contribution in [2.75, 3.05) is 26.2 Å². The molecule has 0 radical (unpaired) electrons. The normalized spacial score (nSPS) is 23.4. The number of likely N-dealkylation sites (tertiary alicyclic amines) is 1. The molecule has 1 heterocycles.